The molecule has 0 spiro atoms. The van der Waals surface area contributed by atoms with E-state index < -0.39 is 23.7 Å². The van der Waals surface area contributed by atoms with E-state index >= 15 is 0 Å². The Kier molecular flexibility index (Phi) is 7.72. The molecule has 5 rings (SSSR count). The summed E-state index contributed by atoms with van der Waals surface area (Å²) in [5.74, 6) is -0.645. The van der Waals surface area contributed by atoms with Crippen LogP contribution in [-0.4, -0.2) is 33.5 Å². The van der Waals surface area contributed by atoms with E-state index in [0.717, 1.165) is 11.1 Å². The third-order valence-corrected chi connectivity index (χ3v) is 6.52. The lowest BCUT2D eigenvalue weighted by molar-refractivity contribution is -0.137. The van der Waals surface area contributed by atoms with E-state index in [0.29, 0.717) is 35.0 Å². The van der Waals surface area contributed by atoms with Gasteiger partial charge in [-0.2, -0.15) is 0 Å². The number of aliphatic carboxylic acids is 1. The highest BCUT2D eigenvalue weighted by atomic mass is 19.1. The lowest BCUT2D eigenvalue weighted by Crippen LogP contribution is -2.30. The molecule has 3 aromatic carbocycles. The standard InChI is InChI=1S/C31H27FN4O4/c1-40-24-15-11-22(12-16-24)28-30(33-19-20-6-3-2-4-7-20)36-17-5-8-25(29(36)35-28)31(39)34-26(18-27(37)38)21-9-13-23(32)14-10-21/h2-17,26,33H,18-19H2,1H3,(H,34,39)(H,37,38). The molecule has 0 aliphatic heterocycles. The number of methoxy groups -OCH3 is 1. The molecule has 0 aliphatic rings. The number of amides is 1. The van der Waals surface area contributed by atoms with Gasteiger partial charge in [-0.3, -0.25) is 14.0 Å². The Morgan fingerprint density at radius 2 is 1.70 bits per heavy atom. The molecule has 3 N–H and O–H groups in total. The number of rotatable bonds is 10. The van der Waals surface area contributed by atoms with Crippen LogP contribution < -0.4 is 15.4 Å². The van der Waals surface area contributed by atoms with Gasteiger partial charge in [-0.1, -0.05) is 42.5 Å². The Balaban J connectivity index is 1.54. The number of imidazole rings is 1. The van der Waals surface area contributed by atoms with Crippen molar-refractivity contribution < 1.29 is 23.8 Å². The summed E-state index contributed by atoms with van der Waals surface area (Å²) in [6, 6.07) is 25.3. The van der Waals surface area contributed by atoms with Gasteiger partial charge in [0.25, 0.3) is 5.91 Å². The van der Waals surface area contributed by atoms with E-state index in [9.17, 15) is 19.1 Å². The molecule has 1 atom stereocenters. The van der Waals surface area contributed by atoms with Crippen molar-refractivity contribution in [1.29, 1.82) is 0 Å². The van der Waals surface area contributed by atoms with Crippen molar-refractivity contribution in [3.8, 4) is 17.0 Å². The molecule has 5 aromatic rings. The Morgan fingerprint density at radius 1 is 0.975 bits per heavy atom. The Labute approximate surface area is 230 Å². The number of anilines is 1. The summed E-state index contributed by atoms with van der Waals surface area (Å²) >= 11 is 0. The van der Waals surface area contributed by atoms with Gasteiger partial charge in [-0.25, -0.2) is 9.37 Å². The van der Waals surface area contributed by atoms with E-state index in [2.05, 4.69) is 10.6 Å². The van der Waals surface area contributed by atoms with Gasteiger partial charge >= 0.3 is 5.97 Å². The molecular weight excluding hydrogens is 511 g/mol. The second-order valence-electron chi connectivity index (χ2n) is 9.17. The van der Waals surface area contributed by atoms with E-state index in [1.54, 1.807) is 19.2 Å². The first-order chi connectivity index (χ1) is 19.4. The largest absolute Gasteiger partial charge is 0.497 e. The van der Waals surface area contributed by atoms with Gasteiger partial charge in [-0.05, 0) is 59.7 Å². The number of halogens is 1. The monoisotopic (exact) mass is 538 g/mol. The number of hydrogen-bond donors (Lipinski definition) is 3. The van der Waals surface area contributed by atoms with Crippen LogP contribution in [0.2, 0.25) is 0 Å². The number of benzene rings is 3. The fourth-order valence-corrected chi connectivity index (χ4v) is 4.50. The molecule has 1 amide bonds. The van der Waals surface area contributed by atoms with Gasteiger partial charge in [0.2, 0.25) is 0 Å². The molecule has 0 saturated heterocycles. The Morgan fingerprint density at radius 3 is 2.38 bits per heavy atom. The lowest BCUT2D eigenvalue weighted by atomic mass is 10.0. The minimum Gasteiger partial charge on any atom is -0.497 e. The summed E-state index contributed by atoms with van der Waals surface area (Å²) in [5, 5.41) is 15.7. The number of carbonyl (C=O) groups is 2. The van der Waals surface area contributed by atoms with Crippen LogP contribution in [0.25, 0.3) is 16.9 Å². The normalized spacial score (nSPS) is 11.7. The highest BCUT2D eigenvalue weighted by molar-refractivity contribution is 6.01. The van der Waals surface area contributed by atoms with Crippen molar-refractivity contribution in [1.82, 2.24) is 14.7 Å². The molecule has 0 bridgehead atoms. The average Bonchev–Trinajstić information content (AvgIpc) is 3.35. The first-order valence-electron chi connectivity index (χ1n) is 12.6. The molecule has 0 radical (unpaired) electrons. The van der Waals surface area contributed by atoms with Gasteiger partial charge in [0, 0.05) is 18.3 Å². The maximum atomic E-state index is 13.5. The number of nitrogens with one attached hydrogen (secondary N) is 2. The highest BCUT2D eigenvalue weighted by Crippen LogP contribution is 2.32. The van der Waals surface area contributed by atoms with Crippen LogP contribution in [0.5, 0.6) is 5.75 Å². The predicted molar refractivity (Wildman–Crippen MR) is 150 cm³/mol. The molecule has 2 heterocycles. The first-order valence-corrected chi connectivity index (χ1v) is 12.6. The number of carboxylic acid groups (broad SMARTS) is 1. The maximum absolute atomic E-state index is 13.5. The fourth-order valence-electron chi connectivity index (χ4n) is 4.50. The first kappa shape index (κ1) is 26.4. The molecule has 0 aliphatic carbocycles. The van der Waals surface area contributed by atoms with Crippen LogP contribution in [0.15, 0.2) is 97.2 Å². The quantitative estimate of drug-likeness (QED) is 0.211. The van der Waals surface area contributed by atoms with Crippen LogP contribution >= 0.6 is 0 Å². The van der Waals surface area contributed by atoms with Crippen molar-refractivity contribution in [3.05, 3.63) is 120 Å². The SMILES string of the molecule is COc1ccc(-c2nc3c(C(=O)NC(CC(=O)O)c4ccc(F)cc4)cccn3c2NCc2ccccc2)cc1. The molecular formula is C31H27FN4O4. The summed E-state index contributed by atoms with van der Waals surface area (Å²) in [4.78, 5) is 30.0. The lowest BCUT2D eigenvalue weighted by Gasteiger charge is -2.18. The summed E-state index contributed by atoms with van der Waals surface area (Å²) in [5.41, 5.74) is 3.68. The predicted octanol–water partition coefficient (Wildman–Crippen LogP) is 5.71. The van der Waals surface area contributed by atoms with Crippen LogP contribution in [0, 0.1) is 5.82 Å². The number of carbonyl (C=O) groups excluding carboxylic acids is 1. The van der Waals surface area contributed by atoms with Crippen LogP contribution in [0.1, 0.15) is 33.9 Å². The summed E-state index contributed by atoms with van der Waals surface area (Å²) in [6.07, 6.45) is 1.45. The number of ether oxygens (including phenoxy) is 1. The number of carboxylic acids is 1. The van der Waals surface area contributed by atoms with E-state index in [1.807, 2.05) is 65.2 Å². The Hall–Kier alpha value is -5.18. The third kappa shape index (κ3) is 5.78. The fraction of sp³-hybridized carbons (Fsp3) is 0.129. The number of fused-ring (bicyclic) bond motifs is 1. The average molecular weight is 539 g/mol. The molecule has 9 heteroatoms. The second-order valence-corrected chi connectivity index (χ2v) is 9.17. The van der Waals surface area contributed by atoms with Crippen LogP contribution in [0.4, 0.5) is 10.2 Å². The molecule has 40 heavy (non-hydrogen) atoms. The van der Waals surface area contributed by atoms with E-state index in [4.69, 9.17) is 9.72 Å². The smallest absolute Gasteiger partial charge is 0.305 e. The number of aromatic nitrogens is 2. The number of hydrogen-bond acceptors (Lipinski definition) is 5. The zero-order valence-corrected chi connectivity index (χ0v) is 21.7. The summed E-state index contributed by atoms with van der Waals surface area (Å²) < 4.78 is 20.6. The molecule has 0 fully saturated rings. The highest BCUT2D eigenvalue weighted by Gasteiger charge is 2.23. The zero-order valence-electron chi connectivity index (χ0n) is 21.7. The number of pyridine rings is 1. The minimum atomic E-state index is -1.09. The van der Waals surface area contributed by atoms with Crippen LogP contribution in [-0.2, 0) is 11.3 Å². The zero-order chi connectivity index (χ0) is 28.1. The van der Waals surface area contributed by atoms with Crippen molar-refractivity contribution in [2.75, 3.05) is 12.4 Å². The summed E-state index contributed by atoms with van der Waals surface area (Å²) in [7, 11) is 1.60. The van der Waals surface area contributed by atoms with Gasteiger partial charge in [0.05, 0.1) is 25.1 Å². The molecule has 202 valence electrons. The third-order valence-electron chi connectivity index (χ3n) is 6.52. The Bertz CT molecular complexity index is 1630. The topological polar surface area (TPSA) is 105 Å². The minimum absolute atomic E-state index is 0.266. The second kappa shape index (κ2) is 11.7. The molecule has 8 nitrogen and oxygen atoms in total. The maximum Gasteiger partial charge on any atom is 0.305 e. The van der Waals surface area contributed by atoms with Gasteiger partial charge in [0.1, 0.15) is 23.1 Å². The van der Waals surface area contributed by atoms with Crippen molar-refractivity contribution >= 4 is 23.3 Å². The summed E-state index contributed by atoms with van der Waals surface area (Å²) in [6.45, 7) is 0.527. The van der Waals surface area contributed by atoms with Gasteiger partial charge < -0.3 is 20.5 Å². The van der Waals surface area contributed by atoms with Gasteiger partial charge in [-0.15, -0.1) is 0 Å². The van der Waals surface area contributed by atoms with E-state index in [-0.39, 0.29) is 12.0 Å². The molecule has 2 aromatic heterocycles. The van der Waals surface area contributed by atoms with Crippen LogP contribution in [0.3, 0.4) is 0 Å². The number of nitrogens with zero attached hydrogens (tertiary/aromatic N) is 2. The van der Waals surface area contributed by atoms with Crippen molar-refractivity contribution in [2.45, 2.75) is 19.0 Å². The van der Waals surface area contributed by atoms with Gasteiger partial charge in [0.15, 0.2) is 5.65 Å². The van der Waals surface area contributed by atoms with Crippen molar-refractivity contribution in [3.63, 3.8) is 0 Å². The molecule has 1 unspecified atom stereocenters. The molecule has 0 saturated carbocycles. The van der Waals surface area contributed by atoms with Crippen molar-refractivity contribution in [2.24, 2.45) is 0 Å². The van der Waals surface area contributed by atoms with E-state index in [1.165, 1.54) is 24.3 Å².